The summed E-state index contributed by atoms with van der Waals surface area (Å²) in [6, 6.07) is 15.2. The highest BCUT2D eigenvalue weighted by molar-refractivity contribution is 5.46. The third kappa shape index (κ3) is 2.06. The van der Waals surface area contributed by atoms with Crippen molar-refractivity contribution >= 4 is 0 Å². The van der Waals surface area contributed by atoms with E-state index in [2.05, 4.69) is 56.3 Å². The summed E-state index contributed by atoms with van der Waals surface area (Å²) in [6.45, 7) is 4.27. The fraction of sp³-hybridized carbons (Fsp3) is 0.368. The van der Waals surface area contributed by atoms with E-state index in [1.807, 2.05) is 0 Å². The molecule has 0 fully saturated rings. The molecule has 0 saturated carbocycles. The molecular weight excluding hydrogens is 258 g/mol. The molecule has 0 spiro atoms. The first-order valence-corrected chi connectivity index (χ1v) is 7.69. The van der Waals surface area contributed by atoms with Gasteiger partial charge in [-0.25, -0.2) is 0 Å². The molecular formula is C19H21NO. The fourth-order valence-corrected chi connectivity index (χ4v) is 3.69. The molecule has 2 atom stereocenters. The molecule has 2 nitrogen and oxygen atoms in total. The summed E-state index contributed by atoms with van der Waals surface area (Å²) in [5, 5.41) is 0. The van der Waals surface area contributed by atoms with Gasteiger partial charge in [0.15, 0.2) is 0 Å². The zero-order valence-electron chi connectivity index (χ0n) is 12.6. The molecule has 108 valence electrons. The Hall–Kier alpha value is -1.80. The minimum atomic E-state index is -0.0892. The lowest BCUT2D eigenvalue weighted by Gasteiger charge is -2.35. The normalized spacial score (nSPS) is 22.7. The van der Waals surface area contributed by atoms with Gasteiger partial charge in [-0.1, -0.05) is 36.4 Å². The average Bonchev–Trinajstić information content (AvgIpc) is 2.72. The van der Waals surface area contributed by atoms with E-state index in [1.165, 1.54) is 22.3 Å². The van der Waals surface area contributed by atoms with E-state index in [4.69, 9.17) is 10.5 Å². The van der Waals surface area contributed by atoms with Gasteiger partial charge in [0.05, 0.1) is 0 Å². The number of fused-ring (bicyclic) bond motifs is 2. The van der Waals surface area contributed by atoms with Crippen LogP contribution in [0.5, 0.6) is 5.75 Å². The van der Waals surface area contributed by atoms with Gasteiger partial charge in [-0.3, -0.25) is 0 Å². The second-order valence-corrected chi connectivity index (χ2v) is 6.94. The van der Waals surface area contributed by atoms with E-state index in [1.54, 1.807) is 0 Å². The first-order chi connectivity index (χ1) is 10.0. The Balaban J connectivity index is 1.61. The summed E-state index contributed by atoms with van der Waals surface area (Å²) in [5.74, 6) is 1.47. The zero-order chi connectivity index (χ0) is 14.6. The largest absolute Gasteiger partial charge is 0.487 e. The second kappa shape index (κ2) is 4.35. The summed E-state index contributed by atoms with van der Waals surface area (Å²) >= 11 is 0. The Labute approximate surface area is 125 Å². The zero-order valence-corrected chi connectivity index (χ0v) is 12.6. The van der Waals surface area contributed by atoms with Crippen LogP contribution in [-0.4, -0.2) is 5.60 Å². The van der Waals surface area contributed by atoms with Crippen molar-refractivity contribution in [3.8, 4) is 5.75 Å². The summed E-state index contributed by atoms with van der Waals surface area (Å²) in [5.41, 5.74) is 11.8. The van der Waals surface area contributed by atoms with Crippen molar-refractivity contribution in [2.24, 2.45) is 5.73 Å². The molecule has 2 aromatic rings. The second-order valence-electron chi connectivity index (χ2n) is 6.94. The van der Waals surface area contributed by atoms with Gasteiger partial charge in [-0.2, -0.15) is 0 Å². The average molecular weight is 279 g/mol. The molecule has 4 rings (SSSR count). The Bertz CT molecular complexity index is 704. The van der Waals surface area contributed by atoms with Crippen LogP contribution in [0.4, 0.5) is 0 Å². The van der Waals surface area contributed by atoms with Crippen molar-refractivity contribution in [1.29, 1.82) is 0 Å². The minimum absolute atomic E-state index is 0.0777. The van der Waals surface area contributed by atoms with Gasteiger partial charge in [0, 0.05) is 18.4 Å². The molecule has 0 amide bonds. The van der Waals surface area contributed by atoms with Gasteiger partial charge >= 0.3 is 0 Å². The predicted molar refractivity (Wildman–Crippen MR) is 84.7 cm³/mol. The molecule has 1 aliphatic heterocycles. The third-order valence-corrected chi connectivity index (χ3v) is 4.80. The summed E-state index contributed by atoms with van der Waals surface area (Å²) in [6.07, 6.45) is 2.06. The van der Waals surface area contributed by atoms with E-state index in [9.17, 15) is 0 Å². The number of ether oxygens (including phenoxy) is 1. The number of hydrogen-bond donors (Lipinski definition) is 1. The molecule has 2 unspecified atom stereocenters. The molecule has 2 N–H and O–H groups in total. The van der Waals surface area contributed by atoms with Gasteiger partial charge in [0.2, 0.25) is 0 Å². The van der Waals surface area contributed by atoms with Crippen molar-refractivity contribution in [2.45, 2.75) is 44.2 Å². The molecule has 21 heavy (non-hydrogen) atoms. The first-order valence-electron chi connectivity index (χ1n) is 7.69. The van der Waals surface area contributed by atoms with Crippen molar-refractivity contribution < 1.29 is 4.74 Å². The maximum Gasteiger partial charge on any atom is 0.123 e. The Morgan fingerprint density at radius 2 is 1.95 bits per heavy atom. The lowest BCUT2D eigenvalue weighted by atomic mass is 9.72. The van der Waals surface area contributed by atoms with Crippen LogP contribution in [0.3, 0.4) is 0 Å². The fourth-order valence-electron chi connectivity index (χ4n) is 3.69. The van der Waals surface area contributed by atoms with E-state index in [0.717, 1.165) is 18.6 Å². The number of hydrogen-bond acceptors (Lipinski definition) is 2. The topological polar surface area (TPSA) is 35.2 Å². The molecule has 2 aliphatic rings. The van der Waals surface area contributed by atoms with E-state index < -0.39 is 0 Å². The molecule has 2 heteroatoms. The Kier molecular flexibility index (Phi) is 2.67. The van der Waals surface area contributed by atoms with Gasteiger partial charge in [-0.05, 0) is 48.6 Å². The summed E-state index contributed by atoms with van der Waals surface area (Å²) < 4.78 is 5.95. The van der Waals surface area contributed by atoms with Gasteiger partial charge in [0.1, 0.15) is 11.4 Å². The molecule has 0 bridgehead atoms. The quantitative estimate of drug-likeness (QED) is 0.909. The Morgan fingerprint density at radius 1 is 1.14 bits per heavy atom. The van der Waals surface area contributed by atoms with Crippen LogP contribution in [0, 0.1) is 0 Å². The smallest absolute Gasteiger partial charge is 0.123 e. The van der Waals surface area contributed by atoms with Crippen LogP contribution >= 0.6 is 0 Å². The number of benzene rings is 2. The highest BCUT2D eigenvalue weighted by atomic mass is 16.5. The van der Waals surface area contributed by atoms with Crippen molar-refractivity contribution in [1.82, 2.24) is 0 Å². The highest BCUT2D eigenvalue weighted by Gasteiger charge is 2.34. The predicted octanol–water partition coefficient (Wildman–Crippen LogP) is 3.74. The lowest BCUT2D eigenvalue weighted by Crippen LogP contribution is -2.29. The molecule has 0 saturated heterocycles. The van der Waals surface area contributed by atoms with Gasteiger partial charge in [0.25, 0.3) is 0 Å². The molecule has 0 radical (unpaired) electrons. The van der Waals surface area contributed by atoms with Crippen LogP contribution in [0.2, 0.25) is 0 Å². The van der Waals surface area contributed by atoms with Gasteiger partial charge < -0.3 is 10.5 Å². The van der Waals surface area contributed by atoms with Crippen LogP contribution in [-0.2, 0) is 12.8 Å². The molecule has 1 heterocycles. The van der Waals surface area contributed by atoms with Crippen LogP contribution < -0.4 is 10.5 Å². The number of nitrogens with two attached hydrogens (primary N) is 1. The Morgan fingerprint density at radius 3 is 2.76 bits per heavy atom. The summed E-state index contributed by atoms with van der Waals surface area (Å²) in [7, 11) is 0. The van der Waals surface area contributed by atoms with E-state index >= 15 is 0 Å². The van der Waals surface area contributed by atoms with Crippen molar-refractivity contribution in [3.63, 3.8) is 0 Å². The minimum Gasteiger partial charge on any atom is -0.487 e. The van der Waals surface area contributed by atoms with Crippen molar-refractivity contribution in [3.05, 3.63) is 64.7 Å². The van der Waals surface area contributed by atoms with Gasteiger partial charge in [-0.15, -0.1) is 0 Å². The standard InChI is InChI=1S/C19H21NO/c1-19(2)11-14-9-13(7-8-17(14)21-19)18(20)16-10-12-5-3-4-6-15(12)16/h3-9,16,18H,10-11,20H2,1-2H3. The lowest BCUT2D eigenvalue weighted by molar-refractivity contribution is 0.138. The van der Waals surface area contributed by atoms with Crippen LogP contribution in [0.15, 0.2) is 42.5 Å². The maximum absolute atomic E-state index is 6.54. The van der Waals surface area contributed by atoms with E-state index in [0.29, 0.717) is 5.92 Å². The first kappa shape index (κ1) is 12.9. The molecule has 0 aromatic heterocycles. The monoisotopic (exact) mass is 279 g/mol. The maximum atomic E-state index is 6.54. The number of rotatable bonds is 2. The highest BCUT2D eigenvalue weighted by Crippen LogP contribution is 2.44. The third-order valence-electron chi connectivity index (χ3n) is 4.80. The van der Waals surface area contributed by atoms with Crippen LogP contribution in [0.1, 0.15) is 48.1 Å². The molecule has 2 aromatic carbocycles. The summed E-state index contributed by atoms with van der Waals surface area (Å²) in [4.78, 5) is 0. The van der Waals surface area contributed by atoms with Crippen molar-refractivity contribution in [2.75, 3.05) is 0 Å². The molecule has 1 aliphatic carbocycles. The van der Waals surface area contributed by atoms with Crippen LogP contribution in [0.25, 0.3) is 0 Å². The SMILES string of the molecule is CC1(C)Cc2cc(C(N)C3Cc4ccccc43)ccc2O1. The van der Waals surface area contributed by atoms with E-state index in [-0.39, 0.29) is 11.6 Å².